The number of pyridine rings is 1. The molecule has 0 aliphatic carbocycles. The smallest absolute Gasteiger partial charge is 0.340 e. The second kappa shape index (κ2) is 5.16. The maximum Gasteiger partial charge on any atom is 0.417 e. The van der Waals surface area contributed by atoms with Crippen LogP contribution in [0.25, 0.3) is 0 Å². The molecule has 100 valence electrons. The van der Waals surface area contributed by atoms with Crippen LogP contribution in [0, 0.1) is 5.95 Å². The van der Waals surface area contributed by atoms with E-state index in [0.29, 0.717) is 0 Å². The summed E-state index contributed by atoms with van der Waals surface area (Å²) in [5, 5.41) is 2.61. The number of alkyl halides is 3. The first-order valence-electron chi connectivity index (χ1n) is 5.12. The van der Waals surface area contributed by atoms with Gasteiger partial charge >= 0.3 is 6.18 Å². The summed E-state index contributed by atoms with van der Waals surface area (Å²) in [4.78, 5) is 3.51. The van der Waals surface area contributed by atoms with Crippen molar-refractivity contribution in [1.82, 2.24) is 4.98 Å². The highest BCUT2D eigenvalue weighted by Crippen LogP contribution is 2.36. The van der Waals surface area contributed by atoms with E-state index < -0.39 is 17.7 Å². The van der Waals surface area contributed by atoms with Gasteiger partial charge in [-0.3, -0.25) is 0 Å². The van der Waals surface area contributed by atoms with Gasteiger partial charge in [-0.25, -0.2) is 4.98 Å². The summed E-state index contributed by atoms with van der Waals surface area (Å²) in [6.07, 6.45) is -4.47. The van der Waals surface area contributed by atoms with Crippen LogP contribution < -0.4 is 5.32 Å². The zero-order valence-corrected chi connectivity index (χ0v) is 10.9. The molecule has 1 aromatic heterocycles. The molecule has 1 heterocycles. The van der Waals surface area contributed by atoms with Crippen LogP contribution in [0.1, 0.15) is 5.56 Å². The molecular formula is C12H7BrF4N2. The van der Waals surface area contributed by atoms with Crippen LogP contribution in [0.4, 0.5) is 29.1 Å². The molecule has 0 bridgehead atoms. The van der Waals surface area contributed by atoms with E-state index in [1.54, 1.807) is 0 Å². The van der Waals surface area contributed by atoms with Crippen LogP contribution in [0.3, 0.4) is 0 Å². The Hall–Kier alpha value is -1.63. The molecule has 1 N–H and O–H groups in total. The normalized spacial score (nSPS) is 11.4. The molecule has 0 atom stereocenters. The van der Waals surface area contributed by atoms with E-state index in [1.807, 2.05) is 0 Å². The number of rotatable bonds is 2. The summed E-state index contributed by atoms with van der Waals surface area (Å²) >= 11 is 2.84. The van der Waals surface area contributed by atoms with Crippen molar-refractivity contribution in [3.63, 3.8) is 0 Å². The summed E-state index contributed by atoms with van der Waals surface area (Å²) in [6.45, 7) is 0. The monoisotopic (exact) mass is 334 g/mol. The number of halogens is 5. The van der Waals surface area contributed by atoms with Gasteiger partial charge in [0.1, 0.15) is 5.82 Å². The number of hydrogen-bond acceptors (Lipinski definition) is 2. The first kappa shape index (κ1) is 13.8. The first-order valence-corrected chi connectivity index (χ1v) is 5.92. The number of aromatic nitrogens is 1. The lowest BCUT2D eigenvalue weighted by molar-refractivity contribution is -0.138. The topological polar surface area (TPSA) is 24.9 Å². The molecule has 19 heavy (non-hydrogen) atoms. The maximum absolute atomic E-state index is 12.9. The SMILES string of the molecule is Fc1cccc(Nc2ccc(Br)c(C(F)(F)F)c2)n1. The third-order valence-electron chi connectivity index (χ3n) is 2.26. The van der Waals surface area contributed by atoms with Gasteiger partial charge in [-0.2, -0.15) is 17.6 Å². The summed E-state index contributed by atoms with van der Waals surface area (Å²) in [5.74, 6) is -0.575. The molecule has 0 aliphatic heterocycles. The largest absolute Gasteiger partial charge is 0.417 e. The van der Waals surface area contributed by atoms with Crippen molar-refractivity contribution in [2.45, 2.75) is 6.18 Å². The molecule has 2 rings (SSSR count). The first-order chi connectivity index (χ1) is 8.86. The zero-order chi connectivity index (χ0) is 14.0. The third-order valence-corrected chi connectivity index (χ3v) is 2.95. The van der Waals surface area contributed by atoms with Crippen molar-refractivity contribution < 1.29 is 17.6 Å². The predicted octanol–water partition coefficient (Wildman–Crippen LogP) is 4.75. The number of nitrogens with zero attached hydrogens (tertiary/aromatic N) is 1. The molecular weight excluding hydrogens is 328 g/mol. The van der Waals surface area contributed by atoms with Gasteiger partial charge in [-0.15, -0.1) is 0 Å². The fourth-order valence-electron chi connectivity index (χ4n) is 1.45. The molecule has 2 nitrogen and oxygen atoms in total. The fourth-order valence-corrected chi connectivity index (χ4v) is 1.92. The van der Waals surface area contributed by atoms with E-state index in [9.17, 15) is 17.6 Å². The van der Waals surface area contributed by atoms with Gasteiger partial charge in [0.2, 0.25) is 5.95 Å². The molecule has 0 saturated carbocycles. The van der Waals surface area contributed by atoms with Gasteiger partial charge in [0.25, 0.3) is 0 Å². The van der Waals surface area contributed by atoms with E-state index in [0.717, 1.165) is 12.1 Å². The highest BCUT2D eigenvalue weighted by molar-refractivity contribution is 9.10. The second-order valence-corrected chi connectivity index (χ2v) is 4.52. The molecule has 7 heteroatoms. The van der Waals surface area contributed by atoms with Crippen LogP contribution in [0.5, 0.6) is 0 Å². The average molecular weight is 335 g/mol. The van der Waals surface area contributed by atoms with E-state index in [1.165, 1.54) is 24.3 Å². The quantitative estimate of drug-likeness (QED) is 0.633. The lowest BCUT2D eigenvalue weighted by Gasteiger charge is -2.12. The summed E-state index contributed by atoms with van der Waals surface area (Å²) < 4.78 is 50.9. The highest BCUT2D eigenvalue weighted by atomic mass is 79.9. The Balaban J connectivity index is 2.32. The van der Waals surface area contributed by atoms with Crippen molar-refractivity contribution in [2.75, 3.05) is 5.32 Å². The third kappa shape index (κ3) is 3.44. The summed E-state index contributed by atoms with van der Waals surface area (Å²) in [6, 6.07) is 7.65. The molecule has 0 spiro atoms. The molecule has 2 aromatic rings. The molecule has 0 fully saturated rings. The van der Waals surface area contributed by atoms with Crippen molar-refractivity contribution >= 4 is 27.4 Å². The van der Waals surface area contributed by atoms with Crippen LogP contribution in [0.2, 0.25) is 0 Å². The van der Waals surface area contributed by atoms with Gasteiger partial charge in [-0.1, -0.05) is 22.0 Å². The van der Waals surface area contributed by atoms with Gasteiger partial charge in [-0.05, 0) is 30.3 Å². The van der Waals surface area contributed by atoms with E-state index >= 15 is 0 Å². The van der Waals surface area contributed by atoms with Gasteiger partial charge in [0.05, 0.1) is 5.56 Å². The zero-order valence-electron chi connectivity index (χ0n) is 9.30. The van der Waals surface area contributed by atoms with E-state index in [2.05, 4.69) is 26.2 Å². The van der Waals surface area contributed by atoms with Crippen LogP contribution in [-0.2, 0) is 6.18 Å². The minimum absolute atomic E-state index is 0.0576. The Morgan fingerprint density at radius 3 is 2.47 bits per heavy atom. The number of hydrogen-bond donors (Lipinski definition) is 1. The Morgan fingerprint density at radius 2 is 1.84 bits per heavy atom. The van der Waals surface area contributed by atoms with Crippen LogP contribution >= 0.6 is 15.9 Å². The van der Waals surface area contributed by atoms with Gasteiger partial charge in [0, 0.05) is 10.2 Å². The average Bonchev–Trinajstić information content (AvgIpc) is 2.30. The maximum atomic E-state index is 12.9. The van der Waals surface area contributed by atoms with Crippen molar-refractivity contribution in [3.05, 3.63) is 52.4 Å². The Kier molecular flexibility index (Phi) is 3.75. The predicted molar refractivity (Wildman–Crippen MR) is 66.6 cm³/mol. The number of anilines is 2. The Morgan fingerprint density at radius 1 is 1.11 bits per heavy atom. The van der Waals surface area contributed by atoms with E-state index in [4.69, 9.17) is 0 Å². The highest BCUT2D eigenvalue weighted by Gasteiger charge is 2.33. The molecule has 0 unspecified atom stereocenters. The lowest BCUT2D eigenvalue weighted by atomic mass is 10.2. The summed E-state index contributed by atoms with van der Waals surface area (Å²) in [5.41, 5.74) is -0.637. The van der Waals surface area contributed by atoms with Gasteiger partial charge in [0.15, 0.2) is 0 Å². The molecule has 0 radical (unpaired) electrons. The Labute approximate surface area is 114 Å². The molecule has 0 saturated heterocycles. The van der Waals surface area contributed by atoms with E-state index in [-0.39, 0.29) is 16.0 Å². The molecule has 0 amide bonds. The molecule has 1 aromatic carbocycles. The minimum Gasteiger partial charge on any atom is -0.340 e. The number of benzene rings is 1. The summed E-state index contributed by atoms with van der Waals surface area (Å²) in [7, 11) is 0. The fraction of sp³-hybridized carbons (Fsp3) is 0.0833. The minimum atomic E-state index is -4.47. The van der Waals surface area contributed by atoms with Crippen LogP contribution in [0.15, 0.2) is 40.9 Å². The number of nitrogens with one attached hydrogen (secondary N) is 1. The van der Waals surface area contributed by atoms with Crippen LogP contribution in [-0.4, -0.2) is 4.98 Å². The van der Waals surface area contributed by atoms with Gasteiger partial charge < -0.3 is 5.32 Å². The second-order valence-electron chi connectivity index (χ2n) is 3.66. The molecule has 0 aliphatic rings. The standard InChI is InChI=1S/C12H7BrF4N2/c13-9-5-4-7(6-8(9)12(15,16)17)18-11-3-1-2-10(14)19-11/h1-6H,(H,18,19). The Bertz CT molecular complexity index is 599. The van der Waals surface area contributed by atoms with Crippen molar-refractivity contribution in [2.24, 2.45) is 0 Å². The van der Waals surface area contributed by atoms with Crippen molar-refractivity contribution in [1.29, 1.82) is 0 Å². The lowest BCUT2D eigenvalue weighted by Crippen LogP contribution is -2.07. The van der Waals surface area contributed by atoms with Crippen molar-refractivity contribution in [3.8, 4) is 0 Å².